The van der Waals surface area contributed by atoms with Gasteiger partial charge in [-0.05, 0) is 80.6 Å². The lowest BCUT2D eigenvalue weighted by Crippen LogP contribution is -2.40. The van der Waals surface area contributed by atoms with Crippen LogP contribution in [0.2, 0.25) is 0 Å². The van der Waals surface area contributed by atoms with Crippen molar-refractivity contribution in [1.29, 1.82) is 0 Å². The van der Waals surface area contributed by atoms with Crippen LogP contribution in [0.3, 0.4) is 0 Å². The van der Waals surface area contributed by atoms with Gasteiger partial charge in [0, 0.05) is 23.5 Å². The maximum Gasteiger partial charge on any atom is 0.267 e. The Labute approximate surface area is 176 Å². The van der Waals surface area contributed by atoms with Crippen LogP contribution in [0, 0.1) is 13.8 Å². The SMILES string of the molecule is Cc1ccc(C(=O)NC(=Cc2cccs2)C(=O)NCCN2CCCCC2)cc1C. The lowest BCUT2D eigenvalue weighted by atomic mass is 10.1. The predicted octanol–water partition coefficient (Wildman–Crippen LogP) is 3.74. The number of nitrogens with zero attached hydrogens (tertiary/aromatic N) is 1. The maximum absolute atomic E-state index is 12.8. The largest absolute Gasteiger partial charge is 0.349 e. The Kier molecular flexibility index (Phi) is 7.61. The zero-order chi connectivity index (χ0) is 20.6. The minimum atomic E-state index is -0.276. The Balaban J connectivity index is 1.66. The normalized spacial score (nSPS) is 15.2. The van der Waals surface area contributed by atoms with Crippen LogP contribution in [0.5, 0.6) is 0 Å². The number of likely N-dealkylation sites (tertiary alicyclic amines) is 1. The summed E-state index contributed by atoms with van der Waals surface area (Å²) < 4.78 is 0. The molecule has 0 spiro atoms. The number of carbonyl (C=O) groups excluding carboxylic acids is 2. The monoisotopic (exact) mass is 411 g/mol. The lowest BCUT2D eigenvalue weighted by Gasteiger charge is -2.26. The number of nitrogens with one attached hydrogen (secondary N) is 2. The standard InChI is InChI=1S/C23H29N3O2S/c1-17-8-9-19(15-18(17)2)22(27)25-21(16-20-7-6-14-29-20)23(28)24-10-13-26-11-4-3-5-12-26/h6-9,14-16H,3-5,10-13H2,1-2H3,(H,24,28)(H,25,27). The second-order valence-corrected chi connectivity index (χ2v) is 8.46. The predicted molar refractivity (Wildman–Crippen MR) is 119 cm³/mol. The molecule has 2 amide bonds. The molecular weight excluding hydrogens is 382 g/mol. The second kappa shape index (κ2) is 10.4. The summed E-state index contributed by atoms with van der Waals surface area (Å²) in [7, 11) is 0. The number of hydrogen-bond acceptors (Lipinski definition) is 4. The molecule has 2 heterocycles. The fourth-order valence-corrected chi connectivity index (χ4v) is 4.01. The first-order chi connectivity index (χ1) is 14.0. The average molecular weight is 412 g/mol. The average Bonchev–Trinajstić information content (AvgIpc) is 3.23. The summed E-state index contributed by atoms with van der Waals surface area (Å²) in [6.07, 6.45) is 5.48. The molecule has 1 aromatic carbocycles. The molecule has 2 N–H and O–H groups in total. The number of aryl methyl sites for hydroxylation is 2. The first kappa shape index (κ1) is 21.3. The van der Waals surface area contributed by atoms with E-state index in [1.165, 1.54) is 30.6 Å². The summed E-state index contributed by atoms with van der Waals surface area (Å²) in [5.74, 6) is -0.533. The van der Waals surface area contributed by atoms with Crippen molar-refractivity contribution in [3.63, 3.8) is 0 Å². The molecule has 0 unspecified atom stereocenters. The maximum atomic E-state index is 12.8. The van der Waals surface area contributed by atoms with Gasteiger partial charge in [-0.25, -0.2) is 0 Å². The molecule has 0 radical (unpaired) electrons. The Hall–Kier alpha value is -2.44. The quantitative estimate of drug-likeness (QED) is 0.683. The first-order valence-corrected chi connectivity index (χ1v) is 11.1. The number of benzene rings is 1. The summed E-state index contributed by atoms with van der Waals surface area (Å²) in [5.41, 5.74) is 3.00. The third-order valence-corrected chi connectivity index (χ3v) is 6.07. The van der Waals surface area contributed by atoms with E-state index in [9.17, 15) is 9.59 Å². The van der Waals surface area contributed by atoms with Crippen molar-refractivity contribution in [2.24, 2.45) is 0 Å². The van der Waals surface area contributed by atoms with Crippen LogP contribution in [-0.2, 0) is 4.79 Å². The van der Waals surface area contributed by atoms with Crippen LogP contribution in [-0.4, -0.2) is 42.9 Å². The molecule has 6 heteroatoms. The van der Waals surface area contributed by atoms with E-state index in [2.05, 4.69) is 15.5 Å². The molecule has 1 aliphatic heterocycles. The number of amides is 2. The molecule has 1 aromatic heterocycles. The molecule has 0 saturated carbocycles. The third-order valence-electron chi connectivity index (χ3n) is 5.25. The summed E-state index contributed by atoms with van der Waals surface area (Å²) >= 11 is 1.53. The molecule has 0 atom stereocenters. The Morgan fingerprint density at radius 3 is 2.59 bits per heavy atom. The molecule has 2 aromatic rings. The third kappa shape index (κ3) is 6.27. The van der Waals surface area contributed by atoms with Crippen molar-refractivity contribution in [3.8, 4) is 0 Å². The van der Waals surface area contributed by atoms with E-state index in [0.29, 0.717) is 12.1 Å². The van der Waals surface area contributed by atoms with Crippen molar-refractivity contribution in [1.82, 2.24) is 15.5 Å². The highest BCUT2D eigenvalue weighted by atomic mass is 32.1. The number of thiophene rings is 1. The van der Waals surface area contributed by atoms with Crippen molar-refractivity contribution in [2.45, 2.75) is 33.1 Å². The van der Waals surface area contributed by atoms with Crippen molar-refractivity contribution < 1.29 is 9.59 Å². The van der Waals surface area contributed by atoms with E-state index in [-0.39, 0.29) is 17.5 Å². The van der Waals surface area contributed by atoms with Gasteiger partial charge in [0.2, 0.25) is 0 Å². The van der Waals surface area contributed by atoms with Gasteiger partial charge >= 0.3 is 0 Å². The molecule has 1 aliphatic rings. The van der Waals surface area contributed by atoms with E-state index in [1.807, 2.05) is 43.5 Å². The number of hydrogen-bond donors (Lipinski definition) is 2. The Morgan fingerprint density at radius 2 is 1.90 bits per heavy atom. The summed E-state index contributed by atoms with van der Waals surface area (Å²) in [5, 5.41) is 7.72. The van der Waals surface area contributed by atoms with E-state index < -0.39 is 0 Å². The van der Waals surface area contributed by atoms with Gasteiger partial charge in [0.05, 0.1) is 0 Å². The molecule has 1 fully saturated rings. The molecule has 0 bridgehead atoms. The van der Waals surface area contributed by atoms with E-state index in [0.717, 1.165) is 35.6 Å². The van der Waals surface area contributed by atoms with Gasteiger partial charge in [-0.1, -0.05) is 18.6 Å². The highest BCUT2D eigenvalue weighted by Crippen LogP contribution is 2.14. The van der Waals surface area contributed by atoms with Crippen molar-refractivity contribution >= 4 is 29.2 Å². The van der Waals surface area contributed by atoms with Gasteiger partial charge in [0.25, 0.3) is 11.8 Å². The Bertz CT molecular complexity index is 868. The van der Waals surface area contributed by atoms with Gasteiger partial charge in [-0.15, -0.1) is 11.3 Å². The molecule has 1 saturated heterocycles. The summed E-state index contributed by atoms with van der Waals surface area (Å²) in [4.78, 5) is 28.8. The van der Waals surface area contributed by atoms with Crippen LogP contribution in [0.25, 0.3) is 6.08 Å². The minimum Gasteiger partial charge on any atom is -0.349 e. The smallest absolute Gasteiger partial charge is 0.267 e. The van der Waals surface area contributed by atoms with Crippen LogP contribution in [0.4, 0.5) is 0 Å². The zero-order valence-corrected chi connectivity index (χ0v) is 18.0. The van der Waals surface area contributed by atoms with Crippen LogP contribution in [0.1, 0.15) is 45.6 Å². The highest BCUT2D eigenvalue weighted by molar-refractivity contribution is 7.10. The minimum absolute atomic E-state index is 0.257. The summed E-state index contributed by atoms with van der Waals surface area (Å²) in [6.45, 7) is 7.58. The first-order valence-electron chi connectivity index (χ1n) is 10.2. The number of rotatable bonds is 7. The van der Waals surface area contributed by atoms with Crippen molar-refractivity contribution in [3.05, 3.63) is 63.0 Å². The van der Waals surface area contributed by atoms with Crippen LogP contribution in [0.15, 0.2) is 41.4 Å². The second-order valence-electron chi connectivity index (χ2n) is 7.48. The van der Waals surface area contributed by atoms with Gasteiger partial charge < -0.3 is 15.5 Å². The lowest BCUT2D eigenvalue weighted by molar-refractivity contribution is -0.117. The van der Waals surface area contributed by atoms with Crippen LogP contribution >= 0.6 is 11.3 Å². The fraction of sp³-hybridized carbons (Fsp3) is 0.391. The Morgan fingerprint density at radius 1 is 1.10 bits per heavy atom. The molecule has 154 valence electrons. The topological polar surface area (TPSA) is 61.4 Å². The highest BCUT2D eigenvalue weighted by Gasteiger charge is 2.16. The van der Waals surface area contributed by atoms with Gasteiger partial charge in [0.15, 0.2) is 0 Å². The van der Waals surface area contributed by atoms with Gasteiger partial charge in [-0.2, -0.15) is 0 Å². The van der Waals surface area contributed by atoms with Crippen molar-refractivity contribution in [2.75, 3.05) is 26.2 Å². The fourth-order valence-electron chi connectivity index (χ4n) is 3.36. The number of carbonyl (C=O) groups is 2. The molecular formula is C23H29N3O2S. The molecule has 3 rings (SSSR count). The van der Waals surface area contributed by atoms with E-state index >= 15 is 0 Å². The molecule has 29 heavy (non-hydrogen) atoms. The molecule has 0 aliphatic carbocycles. The molecule has 5 nitrogen and oxygen atoms in total. The van der Waals surface area contributed by atoms with E-state index in [4.69, 9.17) is 0 Å². The zero-order valence-electron chi connectivity index (χ0n) is 17.2. The van der Waals surface area contributed by atoms with Gasteiger partial charge in [0.1, 0.15) is 5.70 Å². The van der Waals surface area contributed by atoms with E-state index in [1.54, 1.807) is 12.1 Å². The van der Waals surface area contributed by atoms with Gasteiger partial charge in [-0.3, -0.25) is 9.59 Å². The summed E-state index contributed by atoms with van der Waals surface area (Å²) in [6, 6.07) is 9.41. The number of piperidine rings is 1. The van der Waals surface area contributed by atoms with Crippen LogP contribution < -0.4 is 10.6 Å².